The third-order valence-corrected chi connectivity index (χ3v) is 7.39. The second-order valence-electron chi connectivity index (χ2n) is 7.68. The summed E-state index contributed by atoms with van der Waals surface area (Å²) in [5.41, 5.74) is 2.09. The Labute approximate surface area is 182 Å². The van der Waals surface area contributed by atoms with E-state index >= 15 is 0 Å². The van der Waals surface area contributed by atoms with Crippen molar-refractivity contribution in [2.75, 3.05) is 39.4 Å². The molecule has 1 aliphatic rings. The van der Waals surface area contributed by atoms with Gasteiger partial charge in [-0.2, -0.15) is 4.31 Å². The molecule has 1 saturated heterocycles. The third kappa shape index (κ3) is 5.07. The van der Waals surface area contributed by atoms with Crippen molar-refractivity contribution in [3.8, 4) is 11.3 Å². The summed E-state index contributed by atoms with van der Waals surface area (Å²) in [5, 5.41) is 3.91. The molecule has 0 atom stereocenters. The summed E-state index contributed by atoms with van der Waals surface area (Å²) >= 11 is 0. The molecule has 166 valence electrons. The van der Waals surface area contributed by atoms with Gasteiger partial charge in [-0.1, -0.05) is 17.3 Å². The van der Waals surface area contributed by atoms with Crippen LogP contribution < -0.4 is 0 Å². The molecule has 0 unspecified atom stereocenters. The van der Waals surface area contributed by atoms with E-state index in [0.717, 1.165) is 18.8 Å². The molecular weight excluding hydrogens is 418 g/mol. The molecule has 3 heterocycles. The number of hydrogen-bond acceptors (Lipinski definition) is 7. The topological polar surface area (TPSA) is 89.0 Å². The van der Waals surface area contributed by atoms with Crippen LogP contribution >= 0.6 is 0 Å². The minimum atomic E-state index is -3.78. The molecule has 8 nitrogen and oxygen atoms in total. The number of hydrogen-bond donors (Lipinski definition) is 0. The first-order valence-electron chi connectivity index (χ1n) is 10.3. The first kappa shape index (κ1) is 21.8. The number of rotatable bonds is 8. The van der Waals surface area contributed by atoms with Gasteiger partial charge in [0.1, 0.15) is 5.76 Å². The molecule has 0 N–H and O–H groups in total. The Morgan fingerprint density at radius 3 is 2.61 bits per heavy atom. The highest BCUT2D eigenvalue weighted by molar-refractivity contribution is 7.89. The molecule has 31 heavy (non-hydrogen) atoms. The van der Waals surface area contributed by atoms with Crippen molar-refractivity contribution in [3.63, 3.8) is 0 Å². The van der Waals surface area contributed by atoms with Crippen LogP contribution in [0.3, 0.4) is 0 Å². The third-order valence-electron chi connectivity index (χ3n) is 5.40. The zero-order valence-corrected chi connectivity index (χ0v) is 18.6. The van der Waals surface area contributed by atoms with Crippen molar-refractivity contribution in [1.29, 1.82) is 0 Å². The normalized spacial score (nSPS) is 15.6. The van der Waals surface area contributed by atoms with Crippen LogP contribution in [0.2, 0.25) is 0 Å². The molecule has 1 aliphatic heterocycles. The van der Waals surface area contributed by atoms with Crippen LogP contribution in [-0.2, 0) is 21.3 Å². The molecule has 3 aromatic rings. The lowest BCUT2D eigenvalue weighted by Gasteiger charge is -2.29. The minimum Gasteiger partial charge on any atom is -0.468 e. The van der Waals surface area contributed by atoms with Gasteiger partial charge >= 0.3 is 0 Å². The quantitative estimate of drug-likeness (QED) is 0.526. The SMILES string of the molecule is Cc1cc(-c2ccc(C)c(S(=O)(=O)N(CCN3CCOCC3)Cc3ccco3)c2)on1. The van der Waals surface area contributed by atoms with Gasteiger partial charge < -0.3 is 13.7 Å². The molecule has 1 fully saturated rings. The van der Waals surface area contributed by atoms with E-state index in [-0.39, 0.29) is 11.4 Å². The fraction of sp³-hybridized carbons (Fsp3) is 0.409. The Kier molecular flexibility index (Phi) is 6.57. The van der Waals surface area contributed by atoms with Crippen LogP contribution in [0, 0.1) is 13.8 Å². The minimum absolute atomic E-state index is 0.171. The number of nitrogens with zero attached hydrogens (tertiary/aromatic N) is 3. The predicted molar refractivity (Wildman–Crippen MR) is 115 cm³/mol. The van der Waals surface area contributed by atoms with Crippen molar-refractivity contribution < 1.29 is 22.1 Å². The van der Waals surface area contributed by atoms with Crippen LogP contribution in [-0.4, -0.2) is 62.2 Å². The molecule has 2 aromatic heterocycles. The maximum Gasteiger partial charge on any atom is 0.243 e. The number of ether oxygens (including phenoxy) is 1. The van der Waals surface area contributed by atoms with Crippen LogP contribution in [0.15, 0.2) is 56.5 Å². The molecule has 0 spiro atoms. The van der Waals surface area contributed by atoms with E-state index < -0.39 is 10.0 Å². The zero-order valence-electron chi connectivity index (χ0n) is 17.8. The van der Waals surface area contributed by atoms with E-state index in [0.29, 0.717) is 49.0 Å². The highest BCUT2D eigenvalue weighted by atomic mass is 32.2. The molecule has 0 bridgehead atoms. The smallest absolute Gasteiger partial charge is 0.243 e. The van der Waals surface area contributed by atoms with E-state index in [2.05, 4.69) is 10.1 Å². The van der Waals surface area contributed by atoms with Crippen molar-refractivity contribution >= 4 is 10.0 Å². The van der Waals surface area contributed by atoms with E-state index in [1.807, 2.05) is 13.0 Å². The molecule has 0 aliphatic carbocycles. The van der Waals surface area contributed by atoms with E-state index in [9.17, 15) is 8.42 Å². The average molecular weight is 446 g/mol. The van der Waals surface area contributed by atoms with Crippen LogP contribution in [0.5, 0.6) is 0 Å². The summed E-state index contributed by atoms with van der Waals surface area (Å²) < 4.78 is 45.1. The van der Waals surface area contributed by atoms with E-state index in [1.165, 1.54) is 4.31 Å². The maximum absolute atomic E-state index is 13.7. The highest BCUT2D eigenvalue weighted by Crippen LogP contribution is 2.28. The Bertz CT molecular complexity index is 1100. The number of aromatic nitrogens is 1. The van der Waals surface area contributed by atoms with Gasteiger partial charge in [0.05, 0.1) is 36.6 Å². The average Bonchev–Trinajstić information content (AvgIpc) is 3.43. The summed E-state index contributed by atoms with van der Waals surface area (Å²) in [6.45, 7) is 7.72. The van der Waals surface area contributed by atoms with Crippen LogP contribution in [0.4, 0.5) is 0 Å². The first-order chi connectivity index (χ1) is 14.9. The Morgan fingerprint density at radius 1 is 1.13 bits per heavy atom. The largest absolute Gasteiger partial charge is 0.468 e. The fourth-order valence-corrected chi connectivity index (χ4v) is 5.26. The number of furan rings is 1. The molecule has 0 radical (unpaired) electrons. The van der Waals surface area contributed by atoms with Crippen molar-refractivity contribution in [3.05, 3.63) is 59.7 Å². The number of morpholine rings is 1. The summed E-state index contributed by atoms with van der Waals surface area (Å²) in [5.74, 6) is 1.14. The second-order valence-corrected chi connectivity index (χ2v) is 9.59. The predicted octanol–water partition coefficient (Wildman–Crippen LogP) is 3.07. The zero-order chi connectivity index (χ0) is 21.8. The van der Waals surface area contributed by atoms with E-state index in [4.69, 9.17) is 13.7 Å². The van der Waals surface area contributed by atoms with Crippen molar-refractivity contribution in [2.45, 2.75) is 25.3 Å². The van der Waals surface area contributed by atoms with Crippen LogP contribution in [0.25, 0.3) is 11.3 Å². The van der Waals surface area contributed by atoms with Crippen molar-refractivity contribution in [1.82, 2.24) is 14.4 Å². The Balaban J connectivity index is 1.64. The molecule has 0 saturated carbocycles. The number of sulfonamides is 1. The molecule has 0 amide bonds. The Hall–Kier alpha value is -2.46. The summed E-state index contributed by atoms with van der Waals surface area (Å²) in [6, 6.07) is 10.7. The van der Waals surface area contributed by atoms with Gasteiger partial charge in [-0.15, -0.1) is 0 Å². The fourth-order valence-electron chi connectivity index (χ4n) is 3.61. The lowest BCUT2D eigenvalue weighted by molar-refractivity contribution is 0.0360. The van der Waals surface area contributed by atoms with E-state index in [1.54, 1.807) is 43.5 Å². The van der Waals surface area contributed by atoms with Gasteiger partial charge in [-0.05, 0) is 37.6 Å². The molecule has 1 aromatic carbocycles. The standard InChI is InChI=1S/C22H27N3O5S/c1-17-5-6-19(21-14-18(2)23-30-21)15-22(17)31(26,27)25(16-20-4-3-11-29-20)8-7-24-9-12-28-13-10-24/h3-6,11,14-15H,7-10,12-13,16H2,1-2H3. The monoisotopic (exact) mass is 445 g/mol. The van der Waals surface area contributed by atoms with Gasteiger partial charge in [-0.25, -0.2) is 8.42 Å². The Morgan fingerprint density at radius 2 is 1.94 bits per heavy atom. The maximum atomic E-state index is 13.7. The summed E-state index contributed by atoms with van der Waals surface area (Å²) in [6.07, 6.45) is 1.56. The number of benzene rings is 1. The number of aryl methyl sites for hydroxylation is 2. The highest BCUT2D eigenvalue weighted by Gasteiger charge is 2.28. The van der Waals surface area contributed by atoms with Gasteiger partial charge in [0.15, 0.2) is 5.76 Å². The lowest BCUT2D eigenvalue weighted by Crippen LogP contribution is -2.43. The molecule has 9 heteroatoms. The summed E-state index contributed by atoms with van der Waals surface area (Å²) in [7, 11) is -3.78. The van der Waals surface area contributed by atoms with Gasteiger partial charge in [-0.3, -0.25) is 4.90 Å². The van der Waals surface area contributed by atoms with Gasteiger partial charge in [0.2, 0.25) is 10.0 Å². The first-order valence-corrected chi connectivity index (χ1v) is 11.7. The summed E-state index contributed by atoms with van der Waals surface area (Å²) in [4.78, 5) is 2.47. The second kappa shape index (κ2) is 9.35. The van der Waals surface area contributed by atoms with Crippen molar-refractivity contribution in [2.24, 2.45) is 0 Å². The lowest BCUT2D eigenvalue weighted by atomic mass is 10.1. The van der Waals surface area contributed by atoms with Crippen LogP contribution in [0.1, 0.15) is 17.0 Å². The molecular formula is C22H27N3O5S. The molecule has 4 rings (SSSR count). The van der Waals surface area contributed by atoms with Gasteiger partial charge in [0.25, 0.3) is 0 Å². The van der Waals surface area contributed by atoms with Gasteiger partial charge in [0, 0.05) is 37.8 Å².